The number of carbonyl (C=O) groups excluding carboxylic acids is 2. The summed E-state index contributed by atoms with van der Waals surface area (Å²) in [6.45, 7) is 3.23. The van der Waals surface area contributed by atoms with Gasteiger partial charge >= 0.3 is 0 Å². The van der Waals surface area contributed by atoms with Crippen molar-refractivity contribution in [3.05, 3.63) is 78.4 Å². The third kappa shape index (κ3) is 3.86. The molecule has 3 aromatic carbocycles. The molecule has 0 spiro atoms. The molecular weight excluding hydrogens is 390 g/mol. The molecule has 0 fully saturated rings. The van der Waals surface area contributed by atoms with E-state index < -0.39 is 5.54 Å². The smallest absolute Gasteiger partial charge is 0.265 e. The lowest BCUT2D eigenvalue weighted by molar-refractivity contribution is -0.127. The van der Waals surface area contributed by atoms with Crippen LogP contribution in [0.15, 0.2) is 72.8 Å². The van der Waals surface area contributed by atoms with E-state index in [0.717, 1.165) is 11.1 Å². The zero-order valence-corrected chi connectivity index (χ0v) is 17.3. The molecule has 4 rings (SSSR count). The van der Waals surface area contributed by atoms with Gasteiger partial charge in [0, 0.05) is 0 Å². The first kappa shape index (κ1) is 20.2. The molecule has 0 saturated carbocycles. The van der Waals surface area contributed by atoms with Crippen LogP contribution in [-0.2, 0) is 9.59 Å². The predicted molar refractivity (Wildman–Crippen MR) is 119 cm³/mol. The van der Waals surface area contributed by atoms with Crippen molar-refractivity contribution in [2.24, 2.45) is 0 Å². The minimum Gasteiger partial charge on any atom is -0.484 e. The largest absolute Gasteiger partial charge is 0.484 e. The molecule has 6 nitrogen and oxygen atoms in total. The second-order valence-electron chi connectivity index (χ2n) is 7.76. The molecule has 1 aliphatic heterocycles. The normalized spacial score (nSPS) is 14.2. The van der Waals surface area contributed by atoms with Gasteiger partial charge in [-0.15, -0.1) is 0 Å². The first-order chi connectivity index (χ1) is 14.9. The maximum atomic E-state index is 13.0. The molecule has 31 heavy (non-hydrogen) atoms. The average Bonchev–Trinajstić information content (AvgIpc) is 2.78. The van der Waals surface area contributed by atoms with Crippen LogP contribution in [0.3, 0.4) is 0 Å². The van der Waals surface area contributed by atoms with E-state index in [-0.39, 0.29) is 18.4 Å². The highest BCUT2D eigenvalue weighted by Crippen LogP contribution is 2.36. The minimum absolute atomic E-state index is 0.193. The van der Waals surface area contributed by atoms with Gasteiger partial charge in [-0.1, -0.05) is 36.4 Å². The second-order valence-corrected chi connectivity index (χ2v) is 7.76. The number of nitrogens with zero attached hydrogens (tertiary/aromatic N) is 2. The van der Waals surface area contributed by atoms with Gasteiger partial charge in [0.05, 0.1) is 23.0 Å². The van der Waals surface area contributed by atoms with Crippen LogP contribution in [0.4, 0.5) is 11.4 Å². The fourth-order valence-electron chi connectivity index (χ4n) is 3.59. The zero-order valence-electron chi connectivity index (χ0n) is 17.3. The van der Waals surface area contributed by atoms with E-state index >= 15 is 0 Å². The first-order valence-electron chi connectivity index (χ1n) is 9.87. The second kappa shape index (κ2) is 7.96. The molecule has 154 valence electrons. The van der Waals surface area contributed by atoms with Crippen LogP contribution in [0.5, 0.6) is 5.75 Å². The summed E-state index contributed by atoms with van der Waals surface area (Å²) in [6.07, 6.45) is 0. The molecule has 1 heterocycles. The Morgan fingerprint density at radius 2 is 1.61 bits per heavy atom. The molecular formula is C25H21N3O3. The summed E-state index contributed by atoms with van der Waals surface area (Å²) in [5, 5.41) is 11.8. The van der Waals surface area contributed by atoms with E-state index in [9.17, 15) is 9.59 Å². The van der Waals surface area contributed by atoms with E-state index in [1.54, 1.807) is 50.2 Å². The van der Waals surface area contributed by atoms with E-state index in [2.05, 4.69) is 11.4 Å². The van der Waals surface area contributed by atoms with Gasteiger partial charge in [-0.2, -0.15) is 5.26 Å². The first-order valence-corrected chi connectivity index (χ1v) is 9.87. The van der Waals surface area contributed by atoms with Gasteiger partial charge in [0.2, 0.25) is 5.91 Å². The summed E-state index contributed by atoms with van der Waals surface area (Å²) in [4.78, 5) is 27.0. The van der Waals surface area contributed by atoms with Crippen LogP contribution in [0.1, 0.15) is 19.4 Å². The number of hydrogen-bond acceptors (Lipinski definition) is 4. The summed E-state index contributed by atoms with van der Waals surface area (Å²) in [5.41, 5.74) is 2.79. The zero-order chi connectivity index (χ0) is 22.0. The Labute approximate surface area is 180 Å². The molecule has 0 atom stereocenters. The summed E-state index contributed by atoms with van der Waals surface area (Å²) < 4.78 is 5.73. The summed E-state index contributed by atoms with van der Waals surface area (Å²) in [5.74, 6) is 0.00749. The van der Waals surface area contributed by atoms with Crippen molar-refractivity contribution < 1.29 is 14.3 Å². The van der Waals surface area contributed by atoms with Crippen molar-refractivity contribution in [1.29, 1.82) is 5.26 Å². The van der Waals surface area contributed by atoms with Gasteiger partial charge in [-0.3, -0.25) is 14.5 Å². The topological polar surface area (TPSA) is 82.4 Å². The van der Waals surface area contributed by atoms with Gasteiger partial charge in [0.25, 0.3) is 5.91 Å². The van der Waals surface area contributed by atoms with Crippen LogP contribution in [0, 0.1) is 11.3 Å². The maximum absolute atomic E-state index is 13.0. The number of carbonyl (C=O) groups is 2. The van der Waals surface area contributed by atoms with Crippen molar-refractivity contribution in [1.82, 2.24) is 0 Å². The number of amides is 2. The highest BCUT2D eigenvalue weighted by Gasteiger charge is 2.43. The molecule has 3 aromatic rings. The van der Waals surface area contributed by atoms with Gasteiger partial charge < -0.3 is 10.1 Å². The number of benzene rings is 3. The lowest BCUT2D eigenvalue weighted by atomic mass is 9.96. The Balaban J connectivity index is 1.48. The third-order valence-corrected chi connectivity index (χ3v) is 5.32. The number of ether oxygens (including phenoxy) is 1. The summed E-state index contributed by atoms with van der Waals surface area (Å²) in [7, 11) is 0. The maximum Gasteiger partial charge on any atom is 0.265 e. The number of anilines is 2. The van der Waals surface area contributed by atoms with Crippen LogP contribution < -0.4 is 15.0 Å². The molecule has 1 N–H and O–H groups in total. The van der Waals surface area contributed by atoms with Gasteiger partial charge in [-0.05, 0) is 61.4 Å². The Kier molecular flexibility index (Phi) is 5.18. The highest BCUT2D eigenvalue weighted by molar-refractivity contribution is 6.14. The minimum atomic E-state index is -1.03. The van der Waals surface area contributed by atoms with Crippen molar-refractivity contribution in [3.8, 4) is 22.9 Å². The van der Waals surface area contributed by atoms with Crippen molar-refractivity contribution in [2.45, 2.75) is 19.4 Å². The average molecular weight is 411 g/mol. The van der Waals surface area contributed by atoms with Crippen molar-refractivity contribution in [2.75, 3.05) is 16.8 Å². The fourth-order valence-corrected chi connectivity index (χ4v) is 3.59. The van der Waals surface area contributed by atoms with E-state index in [4.69, 9.17) is 10.00 Å². The Morgan fingerprint density at radius 1 is 1.00 bits per heavy atom. The number of fused-ring (bicyclic) bond motifs is 1. The summed E-state index contributed by atoms with van der Waals surface area (Å²) >= 11 is 0. The molecule has 0 aromatic heterocycles. The predicted octanol–water partition coefficient (Wildman–Crippen LogP) is 4.37. The van der Waals surface area contributed by atoms with Gasteiger partial charge in [0.15, 0.2) is 6.61 Å². The molecule has 0 saturated heterocycles. The highest BCUT2D eigenvalue weighted by atomic mass is 16.5. The standard InChI is InChI=1S/C25H21N3O3/c1-25(2)24(30)27-21-5-3-4-6-22(21)28(25)23(29)16-31-20-13-11-19(12-14-20)18-9-7-17(15-26)8-10-18/h3-14H,16H2,1-2H3,(H,27,30). The van der Waals surface area contributed by atoms with Crippen molar-refractivity contribution in [3.63, 3.8) is 0 Å². The van der Waals surface area contributed by atoms with E-state index in [1.165, 1.54) is 4.90 Å². The fraction of sp³-hybridized carbons (Fsp3) is 0.160. The molecule has 0 aliphatic carbocycles. The van der Waals surface area contributed by atoms with E-state index in [1.807, 2.05) is 36.4 Å². The molecule has 0 unspecified atom stereocenters. The number of rotatable bonds is 4. The molecule has 1 aliphatic rings. The number of hydrogen-bond donors (Lipinski definition) is 1. The number of para-hydroxylation sites is 2. The van der Waals surface area contributed by atoms with Gasteiger partial charge in [-0.25, -0.2) is 0 Å². The molecule has 2 amide bonds. The van der Waals surface area contributed by atoms with Crippen molar-refractivity contribution >= 4 is 23.2 Å². The lowest BCUT2D eigenvalue weighted by Gasteiger charge is -2.41. The lowest BCUT2D eigenvalue weighted by Crippen LogP contribution is -2.59. The monoisotopic (exact) mass is 411 g/mol. The van der Waals surface area contributed by atoms with Crippen LogP contribution in [-0.4, -0.2) is 24.0 Å². The van der Waals surface area contributed by atoms with Gasteiger partial charge in [0.1, 0.15) is 11.3 Å². The van der Waals surface area contributed by atoms with Crippen LogP contribution >= 0.6 is 0 Å². The Bertz CT molecular complexity index is 1180. The Morgan fingerprint density at radius 3 is 2.26 bits per heavy atom. The van der Waals surface area contributed by atoms with E-state index in [0.29, 0.717) is 22.7 Å². The molecule has 0 radical (unpaired) electrons. The van der Waals surface area contributed by atoms with Crippen LogP contribution in [0.25, 0.3) is 11.1 Å². The third-order valence-electron chi connectivity index (χ3n) is 5.32. The molecule has 0 bridgehead atoms. The molecule has 6 heteroatoms. The number of nitrogens with one attached hydrogen (secondary N) is 1. The Hall–Kier alpha value is -4.11. The quantitative estimate of drug-likeness (QED) is 0.691. The summed E-state index contributed by atoms with van der Waals surface area (Å²) in [6, 6.07) is 24.0. The number of nitriles is 1. The SMILES string of the molecule is CC1(C)C(=O)Nc2ccccc2N1C(=O)COc1ccc(-c2ccc(C#N)cc2)cc1. The van der Waals surface area contributed by atoms with Crippen LogP contribution in [0.2, 0.25) is 0 Å².